The molecule has 0 unspecified atom stereocenters. The molecule has 0 bridgehead atoms. The lowest BCUT2D eigenvalue weighted by Crippen LogP contribution is -2.19. The first kappa shape index (κ1) is 13.5. The molecule has 1 saturated carbocycles. The molecule has 1 heterocycles. The quantitative estimate of drug-likeness (QED) is 0.753. The molecule has 1 aliphatic carbocycles. The SMILES string of the molecule is CCOc1cc(C)sc1C(=O)CS(=O)(=O)C1CC1. The van der Waals surface area contributed by atoms with Crippen molar-refractivity contribution in [3.63, 3.8) is 0 Å². The number of carbonyl (C=O) groups is 1. The molecule has 0 amide bonds. The topological polar surface area (TPSA) is 60.4 Å². The molecule has 0 aromatic carbocycles. The molecule has 2 rings (SSSR count). The van der Waals surface area contributed by atoms with Crippen LogP contribution in [0, 0.1) is 6.92 Å². The highest BCUT2D eigenvalue weighted by Crippen LogP contribution is 2.33. The van der Waals surface area contributed by atoms with Gasteiger partial charge in [0.25, 0.3) is 0 Å². The number of rotatable bonds is 6. The molecular formula is C12H16O4S2. The zero-order chi connectivity index (χ0) is 13.3. The number of thiophene rings is 1. The van der Waals surface area contributed by atoms with Crippen LogP contribution >= 0.6 is 11.3 Å². The number of ketones is 1. The van der Waals surface area contributed by atoms with Crippen LogP contribution in [0.25, 0.3) is 0 Å². The van der Waals surface area contributed by atoms with Crippen molar-refractivity contribution in [2.24, 2.45) is 0 Å². The van der Waals surface area contributed by atoms with E-state index in [4.69, 9.17) is 4.74 Å². The molecule has 4 nitrogen and oxygen atoms in total. The second kappa shape index (κ2) is 5.01. The summed E-state index contributed by atoms with van der Waals surface area (Å²) in [7, 11) is -3.26. The first-order valence-corrected chi connectivity index (χ1v) is 8.45. The van der Waals surface area contributed by atoms with Crippen LogP contribution in [0.3, 0.4) is 0 Å². The van der Waals surface area contributed by atoms with Crippen molar-refractivity contribution in [1.82, 2.24) is 0 Å². The monoisotopic (exact) mass is 288 g/mol. The van der Waals surface area contributed by atoms with Crippen molar-refractivity contribution in [3.8, 4) is 5.75 Å². The summed E-state index contributed by atoms with van der Waals surface area (Å²) in [6, 6.07) is 1.78. The van der Waals surface area contributed by atoms with Crippen LogP contribution in [0.4, 0.5) is 0 Å². The summed E-state index contributed by atoms with van der Waals surface area (Å²) in [4.78, 5) is 13.4. The number of carbonyl (C=O) groups excluding carboxylic acids is 1. The summed E-state index contributed by atoms with van der Waals surface area (Å²) in [6.07, 6.45) is 1.38. The fourth-order valence-corrected chi connectivity index (χ4v) is 4.32. The van der Waals surface area contributed by atoms with Crippen LogP contribution in [-0.2, 0) is 9.84 Å². The largest absolute Gasteiger partial charge is 0.492 e. The Morgan fingerprint density at radius 3 is 2.72 bits per heavy atom. The highest BCUT2D eigenvalue weighted by atomic mass is 32.2. The summed E-state index contributed by atoms with van der Waals surface area (Å²) in [5, 5.41) is -0.293. The van der Waals surface area contributed by atoms with Crippen LogP contribution in [0.1, 0.15) is 34.3 Å². The molecule has 1 aromatic heterocycles. The average Bonchev–Trinajstić information content (AvgIpc) is 3.04. The Kier molecular flexibility index (Phi) is 3.77. The average molecular weight is 288 g/mol. The Bertz CT molecular complexity index is 553. The van der Waals surface area contributed by atoms with Gasteiger partial charge in [0.05, 0.1) is 11.9 Å². The van der Waals surface area contributed by atoms with Crippen molar-refractivity contribution in [2.45, 2.75) is 31.9 Å². The fourth-order valence-electron chi connectivity index (χ4n) is 1.74. The third-order valence-corrected chi connectivity index (χ3v) is 5.96. The summed E-state index contributed by atoms with van der Waals surface area (Å²) >= 11 is 1.30. The third kappa shape index (κ3) is 2.92. The molecule has 0 radical (unpaired) electrons. The standard InChI is InChI=1S/C12H16O4S2/c1-3-16-11-6-8(2)17-12(11)10(13)7-18(14,15)9-4-5-9/h6,9H,3-5,7H2,1-2H3. The Hall–Kier alpha value is -0.880. The minimum atomic E-state index is -3.26. The second-order valence-electron chi connectivity index (χ2n) is 4.41. The smallest absolute Gasteiger partial charge is 0.191 e. The van der Waals surface area contributed by atoms with Gasteiger partial charge in [0.2, 0.25) is 0 Å². The maximum atomic E-state index is 12.1. The molecule has 0 N–H and O–H groups in total. The number of sulfone groups is 1. The normalized spacial score (nSPS) is 15.7. The predicted octanol–water partition coefficient (Wildman–Crippen LogP) is 2.22. The maximum Gasteiger partial charge on any atom is 0.191 e. The first-order chi connectivity index (χ1) is 8.44. The molecule has 0 saturated heterocycles. The second-order valence-corrected chi connectivity index (χ2v) is 7.95. The molecule has 1 aliphatic rings. The number of hydrogen-bond donors (Lipinski definition) is 0. The van der Waals surface area contributed by atoms with E-state index in [2.05, 4.69) is 0 Å². The van der Waals surface area contributed by atoms with Crippen molar-refractivity contribution < 1.29 is 17.9 Å². The maximum absolute atomic E-state index is 12.1. The van der Waals surface area contributed by atoms with Gasteiger partial charge >= 0.3 is 0 Å². The molecule has 1 aromatic rings. The lowest BCUT2D eigenvalue weighted by atomic mass is 10.3. The molecular weight excluding hydrogens is 272 g/mol. The fraction of sp³-hybridized carbons (Fsp3) is 0.583. The molecule has 100 valence electrons. The Balaban J connectivity index is 2.18. The van der Waals surface area contributed by atoms with Gasteiger partial charge in [-0.2, -0.15) is 0 Å². The van der Waals surface area contributed by atoms with Crippen LogP contribution in [-0.4, -0.2) is 31.8 Å². The zero-order valence-electron chi connectivity index (χ0n) is 10.4. The van der Waals surface area contributed by atoms with Gasteiger partial charge < -0.3 is 4.74 Å². The van der Waals surface area contributed by atoms with Gasteiger partial charge in [-0.05, 0) is 32.8 Å². The van der Waals surface area contributed by atoms with Crippen LogP contribution in [0.2, 0.25) is 0 Å². The highest BCUT2D eigenvalue weighted by molar-refractivity contribution is 7.93. The van der Waals surface area contributed by atoms with E-state index >= 15 is 0 Å². The van der Waals surface area contributed by atoms with E-state index in [-0.39, 0.29) is 11.0 Å². The zero-order valence-corrected chi connectivity index (χ0v) is 12.1. The molecule has 18 heavy (non-hydrogen) atoms. The Morgan fingerprint density at radius 1 is 1.50 bits per heavy atom. The van der Waals surface area contributed by atoms with Crippen molar-refractivity contribution in [1.29, 1.82) is 0 Å². The molecule has 0 spiro atoms. The molecule has 0 atom stereocenters. The van der Waals surface area contributed by atoms with Crippen molar-refractivity contribution in [2.75, 3.05) is 12.4 Å². The van der Waals surface area contributed by atoms with E-state index in [1.165, 1.54) is 11.3 Å². The van der Waals surface area contributed by atoms with Crippen molar-refractivity contribution in [3.05, 3.63) is 15.8 Å². The summed E-state index contributed by atoms with van der Waals surface area (Å²) in [6.45, 7) is 4.17. The van der Waals surface area contributed by atoms with Gasteiger partial charge in [-0.25, -0.2) is 8.42 Å². The Morgan fingerprint density at radius 2 is 2.17 bits per heavy atom. The van der Waals surface area contributed by atoms with E-state index in [0.717, 1.165) is 4.88 Å². The number of hydrogen-bond acceptors (Lipinski definition) is 5. The van der Waals surface area contributed by atoms with Crippen molar-refractivity contribution >= 4 is 27.0 Å². The van der Waals surface area contributed by atoms with Crippen LogP contribution in [0.5, 0.6) is 5.75 Å². The van der Waals surface area contributed by atoms with Crippen LogP contribution in [0.15, 0.2) is 6.07 Å². The predicted molar refractivity (Wildman–Crippen MR) is 71.4 cm³/mol. The lowest BCUT2D eigenvalue weighted by Gasteiger charge is -2.04. The molecule has 1 fully saturated rings. The Labute approximate surface area is 111 Å². The minimum absolute atomic E-state index is 0.293. The van der Waals surface area contributed by atoms with Gasteiger partial charge in [0, 0.05) is 4.88 Å². The summed E-state index contributed by atoms with van der Waals surface area (Å²) in [5.74, 6) is -0.225. The molecule has 6 heteroatoms. The number of Topliss-reactive ketones (excluding diaryl/α,β-unsaturated/α-hetero) is 1. The van der Waals surface area contributed by atoms with E-state index in [1.807, 2.05) is 13.8 Å². The van der Waals surface area contributed by atoms with Gasteiger partial charge in [-0.15, -0.1) is 11.3 Å². The van der Waals surface area contributed by atoms with E-state index in [9.17, 15) is 13.2 Å². The minimum Gasteiger partial charge on any atom is -0.492 e. The molecule has 0 aliphatic heterocycles. The van der Waals surface area contributed by atoms with E-state index in [0.29, 0.717) is 30.1 Å². The van der Waals surface area contributed by atoms with Gasteiger partial charge in [-0.1, -0.05) is 0 Å². The van der Waals surface area contributed by atoms with Gasteiger partial charge in [-0.3, -0.25) is 4.79 Å². The summed E-state index contributed by atoms with van der Waals surface area (Å²) in [5.41, 5.74) is 0. The van der Waals surface area contributed by atoms with Crippen LogP contribution < -0.4 is 4.74 Å². The van der Waals surface area contributed by atoms with Gasteiger partial charge in [0.15, 0.2) is 15.6 Å². The van der Waals surface area contributed by atoms with E-state index < -0.39 is 15.6 Å². The first-order valence-electron chi connectivity index (χ1n) is 5.92. The lowest BCUT2D eigenvalue weighted by molar-refractivity contribution is 0.102. The summed E-state index contributed by atoms with van der Waals surface area (Å²) < 4.78 is 29.0. The number of aryl methyl sites for hydroxylation is 1. The third-order valence-electron chi connectivity index (χ3n) is 2.74. The highest BCUT2D eigenvalue weighted by Gasteiger charge is 2.37. The van der Waals surface area contributed by atoms with E-state index in [1.54, 1.807) is 6.07 Å². The number of ether oxygens (including phenoxy) is 1. The van der Waals surface area contributed by atoms with Gasteiger partial charge in [0.1, 0.15) is 16.4 Å².